The summed E-state index contributed by atoms with van der Waals surface area (Å²) in [6.45, 7) is 5.32. The quantitative estimate of drug-likeness (QED) is 0.916. The molecule has 1 aromatic carbocycles. The number of fused-ring (bicyclic) bond motifs is 1. The lowest BCUT2D eigenvalue weighted by molar-refractivity contribution is 0.0697. The van der Waals surface area contributed by atoms with Crippen LogP contribution in [0.5, 0.6) is 0 Å². The highest BCUT2D eigenvalue weighted by Crippen LogP contribution is 2.35. The zero-order valence-electron chi connectivity index (χ0n) is 12.4. The summed E-state index contributed by atoms with van der Waals surface area (Å²) < 4.78 is 0. The van der Waals surface area contributed by atoms with Gasteiger partial charge in [-0.2, -0.15) is 0 Å². The minimum absolute atomic E-state index is 0.301. The number of hydrogen-bond donors (Lipinski definition) is 1. The largest absolute Gasteiger partial charge is 0.478 e. The number of anilines is 1. The Hall–Kier alpha value is -2.10. The van der Waals surface area contributed by atoms with Crippen molar-refractivity contribution in [2.45, 2.75) is 32.7 Å². The van der Waals surface area contributed by atoms with Crippen LogP contribution < -0.4 is 4.90 Å². The molecule has 0 aliphatic carbocycles. The van der Waals surface area contributed by atoms with Crippen molar-refractivity contribution in [3.63, 3.8) is 0 Å². The molecule has 0 saturated carbocycles. The third-order valence-electron chi connectivity index (χ3n) is 4.64. The molecule has 0 amide bonds. The number of aromatic carboxylic acids is 1. The second-order valence-electron chi connectivity index (χ2n) is 5.90. The van der Waals surface area contributed by atoms with E-state index in [0.717, 1.165) is 29.6 Å². The van der Waals surface area contributed by atoms with Gasteiger partial charge in [0.25, 0.3) is 0 Å². The first kappa shape index (κ1) is 13.9. The van der Waals surface area contributed by atoms with Gasteiger partial charge in [-0.15, -0.1) is 0 Å². The van der Waals surface area contributed by atoms with Gasteiger partial charge in [0, 0.05) is 24.2 Å². The van der Waals surface area contributed by atoms with Gasteiger partial charge in [-0.25, -0.2) is 4.79 Å². The first-order chi connectivity index (χ1) is 10.1. The second-order valence-corrected chi connectivity index (χ2v) is 5.90. The van der Waals surface area contributed by atoms with E-state index in [-0.39, 0.29) is 0 Å². The Morgan fingerprint density at radius 3 is 2.86 bits per heavy atom. The van der Waals surface area contributed by atoms with Gasteiger partial charge < -0.3 is 10.0 Å². The zero-order valence-corrected chi connectivity index (χ0v) is 12.4. The van der Waals surface area contributed by atoms with Crippen LogP contribution >= 0.6 is 0 Å². The fourth-order valence-corrected chi connectivity index (χ4v) is 3.24. The molecule has 110 valence electrons. The van der Waals surface area contributed by atoms with Gasteiger partial charge in [0.2, 0.25) is 0 Å². The van der Waals surface area contributed by atoms with Crippen LogP contribution in [0.1, 0.15) is 37.0 Å². The number of carboxylic acids is 1. The maximum atomic E-state index is 11.6. The number of pyridine rings is 1. The lowest BCUT2D eigenvalue weighted by atomic mass is 9.90. The summed E-state index contributed by atoms with van der Waals surface area (Å²) in [7, 11) is 0. The summed E-state index contributed by atoms with van der Waals surface area (Å²) in [5, 5.41) is 10.5. The molecule has 2 heterocycles. The molecule has 2 unspecified atom stereocenters. The standard InChI is InChI=1S/C17H20N2O2/c1-11-6-5-9-19(12(11)2)16-13-7-3-4-8-15(13)18-10-14(16)17(20)21/h3-4,7-8,10-12H,5-6,9H2,1-2H3,(H,20,21). The topological polar surface area (TPSA) is 53.4 Å². The molecule has 0 spiro atoms. The van der Waals surface area contributed by atoms with E-state index >= 15 is 0 Å². The van der Waals surface area contributed by atoms with E-state index in [2.05, 4.69) is 23.7 Å². The van der Waals surface area contributed by atoms with Crippen LogP contribution in [0.3, 0.4) is 0 Å². The molecule has 0 bridgehead atoms. The number of hydrogen-bond acceptors (Lipinski definition) is 3. The molecular weight excluding hydrogens is 264 g/mol. The summed E-state index contributed by atoms with van der Waals surface area (Å²) in [5.41, 5.74) is 1.98. The molecule has 2 atom stereocenters. The summed E-state index contributed by atoms with van der Waals surface area (Å²) in [6.07, 6.45) is 3.79. The Morgan fingerprint density at radius 1 is 1.33 bits per heavy atom. The van der Waals surface area contributed by atoms with Crippen LogP contribution in [-0.2, 0) is 0 Å². The first-order valence-corrected chi connectivity index (χ1v) is 7.47. The van der Waals surface area contributed by atoms with Gasteiger partial charge in [0.1, 0.15) is 5.56 Å². The zero-order chi connectivity index (χ0) is 15.0. The summed E-state index contributed by atoms with van der Waals surface area (Å²) in [4.78, 5) is 18.2. The number of nitrogens with zero attached hydrogens (tertiary/aromatic N) is 2. The minimum atomic E-state index is -0.909. The highest BCUT2D eigenvalue weighted by atomic mass is 16.4. The maximum absolute atomic E-state index is 11.6. The lowest BCUT2D eigenvalue weighted by Gasteiger charge is -2.40. The highest BCUT2D eigenvalue weighted by Gasteiger charge is 2.29. The molecule has 2 aromatic rings. The van der Waals surface area contributed by atoms with Crippen molar-refractivity contribution in [2.24, 2.45) is 5.92 Å². The lowest BCUT2D eigenvalue weighted by Crippen LogP contribution is -2.43. The van der Waals surface area contributed by atoms with Gasteiger partial charge >= 0.3 is 5.97 Å². The predicted octanol–water partition coefficient (Wildman–Crippen LogP) is 3.56. The first-order valence-electron chi connectivity index (χ1n) is 7.47. The van der Waals surface area contributed by atoms with Crippen LogP contribution in [0, 0.1) is 5.92 Å². The fourth-order valence-electron chi connectivity index (χ4n) is 3.24. The number of piperidine rings is 1. The number of rotatable bonds is 2. The van der Waals surface area contributed by atoms with Crippen molar-refractivity contribution >= 4 is 22.6 Å². The van der Waals surface area contributed by atoms with Gasteiger partial charge in [0.05, 0.1) is 11.2 Å². The number of benzene rings is 1. The molecule has 1 aliphatic heterocycles. The third-order valence-corrected chi connectivity index (χ3v) is 4.64. The van der Waals surface area contributed by atoms with Gasteiger partial charge in [0.15, 0.2) is 0 Å². The Morgan fingerprint density at radius 2 is 2.10 bits per heavy atom. The van der Waals surface area contributed by atoms with Crippen molar-refractivity contribution in [3.05, 3.63) is 36.0 Å². The second kappa shape index (κ2) is 5.35. The Labute approximate surface area is 124 Å². The van der Waals surface area contributed by atoms with E-state index in [9.17, 15) is 9.90 Å². The van der Waals surface area contributed by atoms with E-state index < -0.39 is 5.97 Å². The van der Waals surface area contributed by atoms with E-state index in [1.165, 1.54) is 12.6 Å². The Balaban J connectivity index is 2.23. The molecule has 3 rings (SSSR count). The van der Waals surface area contributed by atoms with Gasteiger partial charge in [-0.05, 0) is 31.7 Å². The van der Waals surface area contributed by atoms with E-state index in [1.807, 2.05) is 24.3 Å². The summed E-state index contributed by atoms with van der Waals surface area (Å²) in [5.74, 6) is -0.346. The van der Waals surface area contributed by atoms with Crippen LogP contribution in [0.15, 0.2) is 30.5 Å². The highest BCUT2D eigenvalue weighted by molar-refractivity contribution is 6.04. The normalized spacial score (nSPS) is 22.5. The Bertz CT molecular complexity index is 684. The van der Waals surface area contributed by atoms with Crippen molar-refractivity contribution in [3.8, 4) is 0 Å². The molecule has 1 saturated heterocycles. The summed E-state index contributed by atoms with van der Waals surface area (Å²) >= 11 is 0. The summed E-state index contributed by atoms with van der Waals surface area (Å²) in [6, 6.07) is 8.11. The van der Waals surface area contributed by atoms with E-state index in [1.54, 1.807) is 0 Å². The molecule has 1 aromatic heterocycles. The number of para-hydroxylation sites is 1. The number of carboxylic acid groups (broad SMARTS) is 1. The number of aromatic nitrogens is 1. The van der Waals surface area contributed by atoms with Crippen molar-refractivity contribution in [2.75, 3.05) is 11.4 Å². The van der Waals surface area contributed by atoms with Crippen LogP contribution in [-0.4, -0.2) is 28.6 Å². The van der Waals surface area contributed by atoms with Crippen LogP contribution in [0.4, 0.5) is 5.69 Å². The molecule has 21 heavy (non-hydrogen) atoms. The fraction of sp³-hybridized carbons (Fsp3) is 0.412. The number of carbonyl (C=O) groups is 1. The van der Waals surface area contributed by atoms with Gasteiger partial charge in [-0.3, -0.25) is 4.98 Å². The molecule has 1 fully saturated rings. The van der Waals surface area contributed by atoms with E-state index in [4.69, 9.17) is 0 Å². The van der Waals surface area contributed by atoms with Crippen LogP contribution in [0.2, 0.25) is 0 Å². The minimum Gasteiger partial charge on any atom is -0.478 e. The van der Waals surface area contributed by atoms with Gasteiger partial charge in [-0.1, -0.05) is 25.1 Å². The van der Waals surface area contributed by atoms with Crippen molar-refractivity contribution in [1.82, 2.24) is 4.98 Å². The van der Waals surface area contributed by atoms with Crippen molar-refractivity contribution in [1.29, 1.82) is 0 Å². The van der Waals surface area contributed by atoms with Crippen molar-refractivity contribution < 1.29 is 9.90 Å². The molecule has 0 radical (unpaired) electrons. The monoisotopic (exact) mass is 284 g/mol. The maximum Gasteiger partial charge on any atom is 0.339 e. The smallest absolute Gasteiger partial charge is 0.339 e. The Kier molecular flexibility index (Phi) is 3.53. The molecule has 1 aliphatic rings. The molecule has 4 heteroatoms. The predicted molar refractivity (Wildman–Crippen MR) is 83.9 cm³/mol. The molecule has 4 nitrogen and oxygen atoms in total. The SMILES string of the molecule is CC1CCCN(c2c(C(=O)O)cnc3ccccc23)C1C. The van der Waals surface area contributed by atoms with Crippen LogP contribution in [0.25, 0.3) is 10.9 Å². The van der Waals surface area contributed by atoms with E-state index in [0.29, 0.717) is 17.5 Å². The molecular formula is C17H20N2O2. The average Bonchev–Trinajstić information content (AvgIpc) is 2.49. The molecule has 1 N–H and O–H groups in total. The third kappa shape index (κ3) is 2.35. The average molecular weight is 284 g/mol.